The third-order valence-electron chi connectivity index (χ3n) is 4.79. The maximum absolute atomic E-state index is 12.3. The second-order valence-corrected chi connectivity index (χ2v) is 8.53. The molecule has 0 aliphatic carbocycles. The number of likely N-dealkylation sites (tertiary alicyclic amines) is 1. The second kappa shape index (κ2) is 7.09. The molecule has 0 radical (unpaired) electrons. The lowest BCUT2D eigenvalue weighted by molar-refractivity contribution is 0.0292. The van der Waals surface area contributed by atoms with Crippen LogP contribution in [0.5, 0.6) is 0 Å². The van der Waals surface area contributed by atoms with Gasteiger partial charge in [0.05, 0.1) is 17.4 Å². The van der Waals surface area contributed by atoms with Gasteiger partial charge in [-0.25, -0.2) is 9.31 Å². The molecule has 146 valence electrons. The Morgan fingerprint density at radius 1 is 1.29 bits per heavy atom. The Morgan fingerprint density at radius 3 is 2.89 bits per heavy atom. The number of aromatic nitrogens is 3. The van der Waals surface area contributed by atoms with Gasteiger partial charge in [0.1, 0.15) is 5.60 Å². The van der Waals surface area contributed by atoms with Crippen molar-refractivity contribution < 1.29 is 9.53 Å². The largest absolute Gasteiger partial charge is 0.444 e. The number of amides is 1. The van der Waals surface area contributed by atoms with E-state index >= 15 is 0 Å². The van der Waals surface area contributed by atoms with Crippen molar-refractivity contribution in [1.82, 2.24) is 19.5 Å². The van der Waals surface area contributed by atoms with Crippen molar-refractivity contribution in [3.05, 3.63) is 53.4 Å². The SMILES string of the molecule is CC(C)(C)OC(=O)N1CCC(c2cccc(-c3cnn4ccc(Cl)cc34)n2)C1. The van der Waals surface area contributed by atoms with Crippen LogP contribution in [-0.4, -0.2) is 44.3 Å². The summed E-state index contributed by atoms with van der Waals surface area (Å²) in [4.78, 5) is 19.0. The number of fused-ring (bicyclic) bond motifs is 1. The standard InChI is InChI=1S/C21H23ClN4O2/c1-21(2,3)28-20(27)25-9-7-14(13-25)17-5-4-6-18(24-17)16-12-23-26-10-8-15(22)11-19(16)26/h4-6,8,10-12,14H,7,9,13H2,1-3H3. The summed E-state index contributed by atoms with van der Waals surface area (Å²) >= 11 is 6.15. The lowest BCUT2D eigenvalue weighted by Gasteiger charge is -2.24. The fraction of sp³-hybridized carbons (Fsp3) is 0.381. The van der Waals surface area contributed by atoms with Crippen LogP contribution in [0.2, 0.25) is 5.02 Å². The summed E-state index contributed by atoms with van der Waals surface area (Å²) < 4.78 is 7.28. The van der Waals surface area contributed by atoms with E-state index in [2.05, 4.69) is 5.10 Å². The van der Waals surface area contributed by atoms with Gasteiger partial charge < -0.3 is 9.64 Å². The first-order chi connectivity index (χ1) is 13.3. The quantitative estimate of drug-likeness (QED) is 0.623. The van der Waals surface area contributed by atoms with Crippen LogP contribution >= 0.6 is 11.6 Å². The molecule has 4 rings (SSSR count). The Hall–Kier alpha value is -2.60. The van der Waals surface area contributed by atoms with Gasteiger partial charge in [-0.3, -0.25) is 4.98 Å². The third kappa shape index (κ3) is 3.83. The molecule has 0 N–H and O–H groups in total. The van der Waals surface area contributed by atoms with Crippen LogP contribution in [0.4, 0.5) is 4.79 Å². The minimum Gasteiger partial charge on any atom is -0.444 e. The molecule has 1 fully saturated rings. The van der Waals surface area contributed by atoms with Crippen LogP contribution in [0.1, 0.15) is 38.8 Å². The van der Waals surface area contributed by atoms with Crippen molar-refractivity contribution in [1.29, 1.82) is 0 Å². The number of halogens is 1. The Kier molecular flexibility index (Phi) is 4.75. The monoisotopic (exact) mass is 398 g/mol. The first-order valence-corrected chi connectivity index (χ1v) is 9.76. The molecule has 3 aromatic rings. The highest BCUT2D eigenvalue weighted by molar-refractivity contribution is 6.31. The Bertz CT molecular complexity index is 1020. The van der Waals surface area contributed by atoms with Crippen molar-refractivity contribution in [3.8, 4) is 11.3 Å². The number of pyridine rings is 2. The number of carbonyl (C=O) groups is 1. The molecule has 1 saturated heterocycles. The van der Waals surface area contributed by atoms with Crippen molar-refractivity contribution >= 4 is 23.2 Å². The van der Waals surface area contributed by atoms with Gasteiger partial charge in [-0.15, -0.1) is 0 Å². The molecular weight excluding hydrogens is 376 g/mol. The Labute approximate surface area is 169 Å². The van der Waals surface area contributed by atoms with E-state index in [1.165, 1.54) is 0 Å². The highest BCUT2D eigenvalue weighted by atomic mass is 35.5. The first kappa shape index (κ1) is 18.7. The second-order valence-electron chi connectivity index (χ2n) is 8.09. The molecule has 1 aliphatic rings. The van der Waals surface area contributed by atoms with Gasteiger partial charge in [-0.2, -0.15) is 5.10 Å². The lowest BCUT2D eigenvalue weighted by atomic mass is 10.0. The van der Waals surface area contributed by atoms with Crippen LogP contribution in [0.3, 0.4) is 0 Å². The summed E-state index contributed by atoms with van der Waals surface area (Å²) in [7, 11) is 0. The summed E-state index contributed by atoms with van der Waals surface area (Å²) in [6.45, 7) is 6.94. The van der Waals surface area contributed by atoms with Crippen LogP contribution in [0.15, 0.2) is 42.7 Å². The predicted molar refractivity (Wildman–Crippen MR) is 109 cm³/mol. The van der Waals surface area contributed by atoms with Crippen LogP contribution in [0.25, 0.3) is 16.8 Å². The molecule has 28 heavy (non-hydrogen) atoms. The zero-order valence-corrected chi connectivity index (χ0v) is 17.0. The molecule has 0 aromatic carbocycles. The van der Waals surface area contributed by atoms with Gasteiger partial charge >= 0.3 is 6.09 Å². The van der Waals surface area contributed by atoms with Gasteiger partial charge in [0.2, 0.25) is 0 Å². The van der Waals surface area contributed by atoms with E-state index < -0.39 is 5.60 Å². The normalized spacial score (nSPS) is 17.3. The highest BCUT2D eigenvalue weighted by Crippen LogP contribution is 2.30. The molecule has 1 amide bonds. The van der Waals surface area contributed by atoms with Gasteiger partial charge in [0.15, 0.2) is 0 Å². The molecule has 1 aliphatic heterocycles. The van der Waals surface area contributed by atoms with E-state index in [1.807, 2.05) is 51.2 Å². The van der Waals surface area contributed by atoms with Crippen LogP contribution < -0.4 is 0 Å². The minimum absolute atomic E-state index is 0.192. The number of carbonyl (C=O) groups excluding carboxylic acids is 1. The number of hydrogen-bond donors (Lipinski definition) is 0. The van der Waals surface area contributed by atoms with Crippen LogP contribution in [0, 0.1) is 0 Å². The van der Waals surface area contributed by atoms with E-state index in [-0.39, 0.29) is 12.0 Å². The Balaban J connectivity index is 1.56. The fourth-order valence-electron chi connectivity index (χ4n) is 3.48. The number of rotatable bonds is 2. The summed E-state index contributed by atoms with van der Waals surface area (Å²) in [6, 6.07) is 9.69. The summed E-state index contributed by atoms with van der Waals surface area (Å²) in [5, 5.41) is 5.04. The zero-order chi connectivity index (χ0) is 19.9. The van der Waals surface area contributed by atoms with Crippen molar-refractivity contribution in [2.24, 2.45) is 0 Å². The average molecular weight is 399 g/mol. The number of ether oxygens (including phenoxy) is 1. The van der Waals surface area contributed by atoms with E-state index in [4.69, 9.17) is 21.3 Å². The molecule has 0 bridgehead atoms. The van der Waals surface area contributed by atoms with E-state index in [1.54, 1.807) is 21.7 Å². The average Bonchev–Trinajstić information content (AvgIpc) is 3.27. The van der Waals surface area contributed by atoms with Crippen molar-refractivity contribution in [3.63, 3.8) is 0 Å². The van der Waals surface area contributed by atoms with E-state index in [0.717, 1.165) is 28.9 Å². The van der Waals surface area contributed by atoms with Crippen LogP contribution in [-0.2, 0) is 4.74 Å². The molecule has 7 heteroatoms. The third-order valence-corrected chi connectivity index (χ3v) is 5.02. The molecule has 6 nitrogen and oxygen atoms in total. The maximum atomic E-state index is 12.3. The van der Waals surface area contributed by atoms with Gasteiger partial charge in [-0.05, 0) is 51.5 Å². The van der Waals surface area contributed by atoms with Gasteiger partial charge in [-0.1, -0.05) is 17.7 Å². The summed E-state index contributed by atoms with van der Waals surface area (Å²) in [5.41, 5.74) is 3.19. The highest BCUT2D eigenvalue weighted by Gasteiger charge is 2.31. The number of nitrogens with zero attached hydrogens (tertiary/aromatic N) is 4. The molecule has 0 saturated carbocycles. The van der Waals surface area contributed by atoms with E-state index in [0.29, 0.717) is 18.1 Å². The maximum Gasteiger partial charge on any atom is 0.410 e. The molecule has 1 atom stereocenters. The molecule has 1 unspecified atom stereocenters. The van der Waals surface area contributed by atoms with Crippen molar-refractivity contribution in [2.75, 3.05) is 13.1 Å². The smallest absolute Gasteiger partial charge is 0.410 e. The van der Waals surface area contributed by atoms with Gasteiger partial charge in [0.25, 0.3) is 0 Å². The van der Waals surface area contributed by atoms with Gasteiger partial charge in [0, 0.05) is 41.5 Å². The molecule has 4 heterocycles. The number of hydrogen-bond acceptors (Lipinski definition) is 4. The summed E-state index contributed by atoms with van der Waals surface area (Å²) in [6.07, 6.45) is 4.25. The fourth-order valence-corrected chi connectivity index (χ4v) is 3.63. The van der Waals surface area contributed by atoms with Crippen molar-refractivity contribution in [2.45, 2.75) is 38.7 Å². The Morgan fingerprint density at radius 2 is 2.11 bits per heavy atom. The predicted octanol–water partition coefficient (Wildman–Crippen LogP) is 4.77. The topological polar surface area (TPSA) is 59.7 Å². The van der Waals surface area contributed by atoms with E-state index in [9.17, 15) is 4.79 Å². The molecule has 0 spiro atoms. The zero-order valence-electron chi connectivity index (χ0n) is 16.2. The minimum atomic E-state index is -0.488. The molecule has 3 aromatic heterocycles. The first-order valence-electron chi connectivity index (χ1n) is 9.38. The lowest BCUT2D eigenvalue weighted by Crippen LogP contribution is -2.35. The molecular formula is C21H23ClN4O2. The summed E-state index contributed by atoms with van der Waals surface area (Å²) in [5.74, 6) is 0.192.